The highest BCUT2D eigenvalue weighted by Crippen LogP contribution is 2.41. The summed E-state index contributed by atoms with van der Waals surface area (Å²) >= 11 is 0. The Hall–Kier alpha value is -1.83. The average molecular weight is 398 g/mol. The number of carbonyl (C=O) groups excluding carboxylic acids is 1. The van der Waals surface area contributed by atoms with Crippen molar-refractivity contribution in [1.82, 2.24) is 5.32 Å². The van der Waals surface area contributed by atoms with Crippen LogP contribution in [0.4, 0.5) is 5.69 Å². The smallest absolute Gasteiger partial charge is 0.265 e. The molecule has 2 aromatic rings. The van der Waals surface area contributed by atoms with Gasteiger partial charge in [-0.3, -0.25) is 9.10 Å². The summed E-state index contributed by atoms with van der Waals surface area (Å²) in [5.74, 6) is 0.0480. The van der Waals surface area contributed by atoms with Crippen molar-refractivity contribution in [3.05, 3.63) is 36.4 Å². The van der Waals surface area contributed by atoms with Crippen LogP contribution in [0.25, 0.3) is 10.8 Å². The number of hydrogen-bond acceptors (Lipinski definition) is 4. The summed E-state index contributed by atoms with van der Waals surface area (Å²) in [5.41, 5.74) is 6.27. The Bertz CT molecular complexity index is 910. The van der Waals surface area contributed by atoms with Gasteiger partial charge in [-0.05, 0) is 29.9 Å². The van der Waals surface area contributed by atoms with Gasteiger partial charge in [-0.15, -0.1) is 12.4 Å². The van der Waals surface area contributed by atoms with Crippen LogP contribution in [0.1, 0.15) is 20.3 Å². The molecule has 1 unspecified atom stereocenters. The van der Waals surface area contributed by atoms with Crippen molar-refractivity contribution in [3.8, 4) is 0 Å². The van der Waals surface area contributed by atoms with Crippen LogP contribution in [0.2, 0.25) is 0 Å². The van der Waals surface area contributed by atoms with E-state index in [1.807, 2.05) is 12.1 Å². The van der Waals surface area contributed by atoms with Crippen molar-refractivity contribution < 1.29 is 13.2 Å². The number of nitrogens with zero attached hydrogens (tertiary/aromatic N) is 1. The van der Waals surface area contributed by atoms with Gasteiger partial charge in [0.2, 0.25) is 5.91 Å². The number of amides is 1. The van der Waals surface area contributed by atoms with Crippen LogP contribution in [0.15, 0.2) is 41.3 Å². The Morgan fingerprint density at radius 3 is 2.46 bits per heavy atom. The second-order valence-corrected chi connectivity index (χ2v) is 8.60. The van der Waals surface area contributed by atoms with Gasteiger partial charge < -0.3 is 11.1 Å². The van der Waals surface area contributed by atoms with Gasteiger partial charge in [-0.1, -0.05) is 38.1 Å². The lowest BCUT2D eigenvalue weighted by Gasteiger charge is -2.22. The first kappa shape index (κ1) is 20.5. The van der Waals surface area contributed by atoms with Crippen molar-refractivity contribution in [2.24, 2.45) is 11.7 Å². The molecule has 1 aliphatic rings. The van der Waals surface area contributed by atoms with Crippen molar-refractivity contribution in [2.75, 3.05) is 17.4 Å². The quantitative estimate of drug-likeness (QED) is 0.781. The molecule has 26 heavy (non-hydrogen) atoms. The molecular weight excluding hydrogens is 374 g/mol. The van der Waals surface area contributed by atoms with E-state index in [0.29, 0.717) is 23.5 Å². The van der Waals surface area contributed by atoms with E-state index >= 15 is 0 Å². The van der Waals surface area contributed by atoms with E-state index < -0.39 is 10.0 Å². The minimum Gasteiger partial charge on any atom is -0.351 e. The fourth-order valence-corrected chi connectivity index (χ4v) is 4.98. The highest BCUT2D eigenvalue weighted by atomic mass is 35.5. The van der Waals surface area contributed by atoms with Crippen molar-refractivity contribution in [1.29, 1.82) is 0 Å². The summed E-state index contributed by atoms with van der Waals surface area (Å²) in [7, 11) is -3.72. The molecule has 1 atom stereocenters. The molecule has 0 aliphatic carbocycles. The first-order valence-corrected chi connectivity index (χ1v) is 9.82. The average Bonchev–Trinajstić information content (AvgIpc) is 2.77. The third-order valence-corrected chi connectivity index (χ3v) is 6.18. The Morgan fingerprint density at radius 2 is 1.85 bits per heavy atom. The first-order valence-electron chi connectivity index (χ1n) is 8.38. The molecule has 0 radical (unpaired) electrons. The topological polar surface area (TPSA) is 92.5 Å². The SMILES string of the molecule is CC(C)CC(CN)NC(=O)CN1c2cccc3cccc(c23)S1(=O)=O.Cl. The van der Waals surface area contributed by atoms with Gasteiger partial charge >= 0.3 is 0 Å². The van der Waals surface area contributed by atoms with Gasteiger partial charge in [0.05, 0.1) is 10.6 Å². The number of halogens is 1. The van der Waals surface area contributed by atoms with Gasteiger partial charge in [-0.25, -0.2) is 8.42 Å². The molecule has 0 spiro atoms. The number of benzene rings is 2. The van der Waals surface area contributed by atoms with Crippen LogP contribution in [0.5, 0.6) is 0 Å². The summed E-state index contributed by atoms with van der Waals surface area (Å²) in [4.78, 5) is 12.7. The summed E-state index contributed by atoms with van der Waals surface area (Å²) in [6.45, 7) is 4.19. The molecule has 1 aliphatic heterocycles. The van der Waals surface area contributed by atoms with Gasteiger partial charge in [0.15, 0.2) is 0 Å². The zero-order valence-electron chi connectivity index (χ0n) is 14.8. The van der Waals surface area contributed by atoms with Gasteiger partial charge in [0, 0.05) is 18.0 Å². The third kappa shape index (κ3) is 3.65. The lowest BCUT2D eigenvalue weighted by atomic mass is 10.0. The standard InChI is InChI=1S/C18H23N3O3S.ClH/c1-12(2)9-14(10-19)20-17(22)11-21-15-7-3-5-13-6-4-8-16(18(13)15)25(21,23)24;/h3-8,12,14H,9-11,19H2,1-2H3,(H,20,22);1H. The molecule has 0 bridgehead atoms. The maximum Gasteiger partial charge on any atom is 0.265 e. The maximum atomic E-state index is 12.9. The molecule has 0 fully saturated rings. The molecule has 3 rings (SSSR count). The maximum absolute atomic E-state index is 12.9. The van der Waals surface area contributed by atoms with Crippen molar-refractivity contribution in [2.45, 2.75) is 31.2 Å². The minimum absolute atomic E-state index is 0. The van der Waals surface area contributed by atoms with Crippen molar-refractivity contribution in [3.63, 3.8) is 0 Å². The van der Waals surface area contributed by atoms with E-state index in [2.05, 4.69) is 19.2 Å². The molecule has 1 heterocycles. The fraction of sp³-hybridized carbons (Fsp3) is 0.389. The Morgan fingerprint density at radius 1 is 1.19 bits per heavy atom. The number of nitrogens with one attached hydrogen (secondary N) is 1. The Kier molecular flexibility index (Phi) is 6.16. The minimum atomic E-state index is -3.72. The van der Waals surface area contributed by atoms with E-state index in [1.54, 1.807) is 24.3 Å². The molecule has 3 N–H and O–H groups in total. The molecule has 2 aromatic carbocycles. The molecule has 8 heteroatoms. The van der Waals surface area contributed by atoms with E-state index in [0.717, 1.165) is 11.8 Å². The molecule has 0 saturated heterocycles. The number of nitrogens with two attached hydrogens (primary N) is 1. The predicted octanol–water partition coefficient (Wildman–Crippen LogP) is 2.26. The molecule has 6 nitrogen and oxygen atoms in total. The number of sulfonamides is 1. The van der Waals surface area contributed by atoms with E-state index in [9.17, 15) is 13.2 Å². The largest absolute Gasteiger partial charge is 0.351 e. The van der Waals surface area contributed by atoms with E-state index in [-0.39, 0.29) is 35.8 Å². The lowest BCUT2D eigenvalue weighted by molar-refractivity contribution is -0.120. The number of hydrogen-bond donors (Lipinski definition) is 2. The monoisotopic (exact) mass is 397 g/mol. The lowest BCUT2D eigenvalue weighted by Crippen LogP contribution is -2.46. The van der Waals surface area contributed by atoms with Crippen LogP contribution in [0.3, 0.4) is 0 Å². The van der Waals surface area contributed by atoms with Gasteiger partial charge in [-0.2, -0.15) is 0 Å². The van der Waals surface area contributed by atoms with Crippen LogP contribution in [-0.2, 0) is 14.8 Å². The first-order chi connectivity index (χ1) is 11.8. The van der Waals surface area contributed by atoms with Crippen molar-refractivity contribution >= 4 is 44.8 Å². The number of carbonyl (C=O) groups is 1. The van der Waals surface area contributed by atoms with Crippen LogP contribution in [-0.4, -0.2) is 33.5 Å². The molecule has 0 aromatic heterocycles. The summed E-state index contributed by atoms with van der Waals surface area (Å²) in [6.07, 6.45) is 0.755. The molecule has 142 valence electrons. The summed E-state index contributed by atoms with van der Waals surface area (Å²) in [6, 6.07) is 10.4. The van der Waals surface area contributed by atoms with Crippen LogP contribution in [0, 0.1) is 5.92 Å². The molecule has 1 amide bonds. The number of anilines is 1. The van der Waals surface area contributed by atoms with E-state index in [4.69, 9.17) is 5.73 Å². The predicted molar refractivity (Wildman–Crippen MR) is 106 cm³/mol. The van der Waals surface area contributed by atoms with Crippen LogP contribution < -0.4 is 15.4 Å². The highest BCUT2D eigenvalue weighted by molar-refractivity contribution is 7.93. The van der Waals surface area contributed by atoms with Gasteiger partial charge in [0.25, 0.3) is 10.0 Å². The Balaban J connectivity index is 0.00000243. The summed E-state index contributed by atoms with van der Waals surface area (Å²) < 4.78 is 26.9. The zero-order chi connectivity index (χ0) is 18.2. The normalized spacial score (nSPS) is 15.8. The number of rotatable bonds is 6. The van der Waals surface area contributed by atoms with Gasteiger partial charge in [0.1, 0.15) is 6.54 Å². The fourth-order valence-electron chi connectivity index (χ4n) is 3.32. The Labute approximate surface area is 160 Å². The summed E-state index contributed by atoms with van der Waals surface area (Å²) in [5, 5.41) is 4.38. The molecule has 0 saturated carbocycles. The second kappa shape index (κ2) is 7.82. The third-order valence-electron chi connectivity index (χ3n) is 4.37. The highest BCUT2D eigenvalue weighted by Gasteiger charge is 2.36. The zero-order valence-corrected chi connectivity index (χ0v) is 16.4. The second-order valence-electron chi connectivity index (χ2n) is 6.77. The van der Waals surface area contributed by atoms with E-state index in [1.165, 1.54) is 4.31 Å². The van der Waals surface area contributed by atoms with Crippen LogP contribution >= 0.6 is 12.4 Å². The molecular formula is C18H24ClN3O3S.